The number of aliphatic hydroxyl groups is 1. The molecule has 1 atom stereocenters. The maximum atomic E-state index is 12.6. The first kappa shape index (κ1) is 14.8. The van der Waals surface area contributed by atoms with Crippen molar-refractivity contribution in [3.8, 4) is 0 Å². The van der Waals surface area contributed by atoms with Crippen molar-refractivity contribution in [2.45, 2.75) is 31.8 Å². The van der Waals surface area contributed by atoms with Crippen LogP contribution in [0.15, 0.2) is 29.2 Å². The van der Waals surface area contributed by atoms with Gasteiger partial charge in [-0.05, 0) is 48.8 Å². The number of hydrogen-bond acceptors (Lipinski definition) is 3. The Balaban J connectivity index is 1.80. The van der Waals surface area contributed by atoms with Gasteiger partial charge >= 0.3 is 0 Å². The topological polar surface area (TPSA) is 57.6 Å². The summed E-state index contributed by atoms with van der Waals surface area (Å²) in [5.41, 5.74) is 2.18. The summed E-state index contributed by atoms with van der Waals surface area (Å²) >= 11 is 0. The minimum Gasteiger partial charge on any atom is -0.391 e. The lowest BCUT2D eigenvalue weighted by atomic mass is 9.98. The molecule has 1 unspecified atom stereocenters. The highest BCUT2D eigenvalue weighted by atomic mass is 32.2. The Morgan fingerprint density at radius 1 is 1.29 bits per heavy atom. The number of benzene rings is 1. The number of hydrogen-bond donors (Lipinski definition) is 1. The Bertz CT molecular complexity index is 662. The lowest BCUT2D eigenvalue weighted by molar-refractivity contribution is 0.131. The summed E-state index contributed by atoms with van der Waals surface area (Å²) in [5.74, 6) is 0.281. The van der Waals surface area contributed by atoms with E-state index in [0.29, 0.717) is 11.3 Å². The Morgan fingerprint density at radius 2 is 2.00 bits per heavy atom. The predicted octanol–water partition coefficient (Wildman–Crippen LogP) is 2.01. The summed E-state index contributed by atoms with van der Waals surface area (Å²) in [6, 6.07) is 7.88. The van der Waals surface area contributed by atoms with Crippen LogP contribution in [0.4, 0.5) is 0 Å². The maximum Gasteiger partial charge on any atom is 0.239 e. The molecule has 0 bridgehead atoms. The van der Waals surface area contributed by atoms with E-state index in [9.17, 15) is 13.5 Å². The molecule has 1 saturated carbocycles. The maximum absolute atomic E-state index is 12.6. The molecule has 21 heavy (non-hydrogen) atoms. The zero-order valence-electron chi connectivity index (χ0n) is 12.2. The molecule has 0 heterocycles. The van der Waals surface area contributed by atoms with E-state index in [2.05, 4.69) is 0 Å². The van der Waals surface area contributed by atoms with Crippen molar-refractivity contribution in [2.24, 2.45) is 5.92 Å². The van der Waals surface area contributed by atoms with Crippen molar-refractivity contribution in [1.29, 1.82) is 0 Å². The molecule has 2 aliphatic rings. The Hall–Kier alpha value is -1.17. The van der Waals surface area contributed by atoms with Gasteiger partial charge in [-0.15, -0.1) is 0 Å². The number of likely N-dealkylation sites (N-methyl/N-ethyl adjacent to an activating group) is 1. The zero-order valence-corrected chi connectivity index (χ0v) is 13.0. The monoisotopic (exact) mass is 307 g/mol. The molecular formula is C16H21NO3S. The van der Waals surface area contributed by atoms with Crippen LogP contribution in [0.5, 0.6) is 0 Å². The average molecular weight is 307 g/mol. The molecule has 1 aromatic rings. The van der Waals surface area contributed by atoms with Gasteiger partial charge in [-0.2, -0.15) is 4.31 Å². The summed E-state index contributed by atoms with van der Waals surface area (Å²) in [4.78, 5) is 0.451. The standard InChI is InChI=1S/C16H21NO3S/c1-17(11-16(18)13-6-7-13)21(19,20)15-9-8-12-4-2-3-5-14(12)10-15/h2-5,10,13,16,18H,6-9,11H2,1H3. The number of aliphatic hydroxyl groups excluding tert-OH is 1. The molecule has 3 rings (SSSR count). The Morgan fingerprint density at radius 3 is 2.71 bits per heavy atom. The quantitative estimate of drug-likeness (QED) is 0.905. The number of sulfonamides is 1. The molecule has 2 aliphatic carbocycles. The van der Waals surface area contributed by atoms with Crippen LogP contribution in [0.1, 0.15) is 30.4 Å². The van der Waals surface area contributed by atoms with E-state index >= 15 is 0 Å². The van der Waals surface area contributed by atoms with Crippen molar-refractivity contribution in [3.05, 3.63) is 40.3 Å². The lowest BCUT2D eigenvalue weighted by Crippen LogP contribution is -2.36. The SMILES string of the molecule is CN(CC(O)C1CC1)S(=O)(=O)C1=Cc2ccccc2CC1. The average Bonchev–Trinajstić information content (AvgIpc) is 3.31. The molecule has 1 aromatic carbocycles. The Kier molecular flexibility index (Phi) is 3.90. The molecule has 1 N–H and O–H groups in total. The van der Waals surface area contributed by atoms with Gasteiger partial charge in [0.25, 0.3) is 0 Å². The van der Waals surface area contributed by atoms with Gasteiger partial charge in [-0.1, -0.05) is 24.3 Å². The van der Waals surface area contributed by atoms with Crippen LogP contribution < -0.4 is 0 Å². The number of fused-ring (bicyclic) bond motifs is 1. The smallest absolute Gasteiger partial charge is 0.239 e. The summed E-state index contributed by atoms with van der Waals surface area (Å²) in [6.45, 7) is 0.186. The molecule has 114 valence electrons. The summed E-state index contributed by atoms with van der Waals surface area (Å²) < 4.78 is 26.5. The summed E-state index contributed by atoms with van der Waals surface area (Å²) in [6.07, 6.45) is 4.52. The first-order chi connectivity index (χ1) is 9.98. The van der Waals surface area contributed by atoms with Crippen molar-refractivity contribution in [1.82, 2.24) is 4.31 Å². The fraction of sp³-hybridized carbons (Fsp3) is 0.500. The minimum absolute atomic E-state index is 0.186. The van der Waals surface area contributed by atoms with Crippen LogP contribution in [-0.4, -0.2) is 37.5 Å². The van der Waals surface area contributed by atoms with E-state index in [0.717, 1.165) is 24.8 Å². The molecule has 1 fully saturated rings. The highest BCUT2D eigenvalue weighted by molar-refractivity contribution is 7.93. The zero-order chi connectivity index (χ0) is 15.0. The second-order valence-electron chi connectivity index (χ2n) is 6.00. The third-order valence-corrected chi connectivity index (χ3v) is 6.32. The molecule has 0 aromatic heterocycles. The molecule has 4 nitrogen and oxygen atoms in total. The van der Waals surface area contributed by atoms with E-state index in [-0.39, 0.29) is 12.5 Å². The van der Waals surface area contributed by atoms with Crippen LogP contribution >= 0.6 is 0 Å². The van der Waals surface area contributed by atoms with Crippen molar-refractivity contribution in [2.75, 3.05) is 13.6 Å². The van der Waals surface area contributed by atoms with Gasteiger partial charge < -0.3 is 5.11 Å². The summed E-state index contributed by atoms with van der Waals surface area (Å²) in [7, 11) is -1.91. The van der Waals surface area contributed by atoms with E-state index in [1.54, 1.807) is 13.1 Å². The molecule has 0 radical (unpaired) electrons. The first-order valence-electron chi connectivity index (χ1n) is 7.41. The normalized spacial score (nSPS) is 20.0. The van der Waals surface area contributed by atoms with Crippen molar-refractivity contribution >= 4 is 16.1 Å². The number of rotatable bonds is 5. The fourth-order valence-corrected chi connectivity index (χ4v) is 4.19. The molecule has 0 amide bonds. The van der Waals surface area contributed by atoms with Gasteiger partial charge in [0.1, 0.15) is 0 Å². The van der Waals surface area contributed by atoms with E-state index in [1.165, 1.54) is 9.87 Å². The molecular weight excluding hydrogens is 286 g/mol. The third-order valence-electron chi connectivity index (χ3n) is 4.36. The molecule has 5 heteroatoms. The van der Waals surface area contributed by atoms with E-state index < -0.39 is 16.1 Å². The van der Waals surface area contributed by atoms with Crippen molar-refractivity contribution in [3.63, 3.8) is 0 Å². The first-order valence-corrected chi connectivity index (χ1v) is 8.85. The number of nitrogens with zero attached hydrogens (tertiary/aromatic N) is 1. The van der Waals surface area contributed by atoms with Gasteiger partial charge in [-0.3, -0.25) is 0 Å². The van der Waals surface area contributed by atoms with Gasteiger partial charge in [0.15, 0.2) is 0 Å². The highest BCUT2D eigenvalue weighted by Crippen LogP contribution is 2.34. The van der Waals surface area contributed by atoms with Gasteiger partial charge in [0.05, 0.1) is 11.0 Å². The van der Waals surface area contributed by atoms with Crippen LogP contribution in [0, 0.1) is 5.92 Å². The predicted molar refractivity (Wildman–Crippen MR) is 83.0 cm³/mol. The summed E-state index contributed by atoms with van der Waals surface area (Å²) in [5, 5.41) is 9.95. The molecule has 0 spiro atoms. The van der Waals surface area contributed by atoms with E-state index in [1.807, 2.05) is 24.3 Å². The van der Waals surface area contributed by atoms with E-state index in [4.69, 9.17) is 0 Å². The van der Waals surface area contributed by atoms with Gasteiger partial charge in [-0.25, -0.2) is 8.42 Å². The van der Waals surface area contributed by atoms with Crippen molar-refractivity contribution < 1.29 is 13.5 Å². The fourth-order valence-electron chi connectivity index (χ4n) is 2.80. The van der Waals surface area contributed by atoms with Crippen LogP contribution in [0.3, 0.4) is 0 Å². The highest BCUT2D eigenvalue weighted by Gasteiger charge is 2.34. The largest absolute Gasteiger partial charge is 0.391 e. The lowest BCUT2D eigenvalue weighted by Gasteiger charge is -2.24. The van der Waals surface area contributed by atoms with Crippen LogP contribution in [0.25, 0.3) is 6.08 Å². The number of allylic oxidation sites excluding steroid dienone is 1. The molecule has 0 aliphatic heterocycles. The van der Waals surface area contributed by atoms with Gasteiger partial charge in [0, 0.05) is 13.6 Å². The third kappa shape index (κ3) is 3.05. The second kappa shape index (κ2) is 5.55. The second-order valence-corrected chi connectivity index (χ2v) is 8.10. The van der Waals surface area contributed by atoms with Crippen LogP contribution in [-0.2, 0) is 16.4 Å². The van der Waals surface area contributed by atoms with Gasteiger partial charge in [0.2, 0.25) is 10.0 Å². The minimum atomic E-state index is -3.47. The Labute approximate surface area is 126 Å². The number of aryl methyl sites for hydroxylation is 1. The molecule has 0 saturated heterocycles. The van der Waals surface area contributed by atoms with Crippen LogP contribution in [0.2, 0.25) is 0 Å².